The van der Waals surface area contributed by atoms with E-state index in [-0.39, 0.29) is 0 Å². The summed E-state index contributed by atoms with van der Waals surface area (Å²) in [5, 5.41) is 15.7. The van der Waals surface area contributed by atoms with Crippen molar-refractivity contribution in [2.75, 3.05) is 11.1 Å². The van der Waals surface area contributed by atoms with Crippen molar-refractivity contribution in [3.8, 4) is 6.07 Å². The van der Waals surface area contributed by atoms with Crippen LogP contribution >= 0.6 is 11.3 Å². The summed E-state index contributed by atoms with van der Waals surface area (Å²) in [7, 11) is 0. The molecule has 0 atom stereocenters. The van der Waals surface area contributed by atoms with Crippen LogP contribution in [0.15, 0.2) is 29.1 Å². The maximum atomic E-state index is 8.79. The summed E-state index contributed by atoms with van der Waals surface area (Å²) in [6.45, 7) is 0. The number of nitrogen functional groups attached to an aromatic ring is 1. The van der Waals surface area contributed by atoms with Gasteiger partial charge in [0.1, 0.15) is 6.07 Å². The molecule has 15 heavy (non-hydrogen) atoms. The highest BCUT2D eigenvalue weighted by Gasteiger charge is 2.05. The maximum Gasteiger partial charge on any atom is 0.154 e. The number of hydrogen-bond donors (Lipinski definition) is 2. The van der Waals surface area contributed by atoms with Crippen LogP contribution < -0.4 is 11.1 Å². The van der Waals surface area contributed by atoms with Crippen LogP contribution in [0.1, 0.15) is 5.56 Å². The topological polar surface area (TPSA) is 74.7 Å². The summed E-state index contributed by atoms with van der Waals surface area (Å²) in [4.78, 5) is 4.08. The lowest BCUT2D eigenvalue weighted by Gasteiger charge is -2.06. The van der Waals surface area contributed by atoms with E-state index in [4.69, 9.17) is 11.0 Å². The van der Waals surface area contributed by atoms with Gasteiger partial charge in [0, 0.05) is 11.6 Å². The van der Waals surface area contributed by atoms with E-state index in [2.05, 4.69) is 10.3 Å². The largest absolute Gasteiger partial charge is 0.395 e. The molecule has 0 spiro atoms. The fourth-order valence-electron chi connectivity index (χ4n) is 1.14. The quantitative estimate of drug-likeness (QED) is 0.808. The lowest BCUT2D eigenvalue weighted by molar-refractivity contribution is 1.30. The van der Waals surface area contributed by atoms with E-state index < -0.39 is 0 Å². The maximum absolute atomic E-state index is 8.79. The van der Waals surface area contributed by atoms with Gasteiger partial charge in [-0.05, 0) is 17.5 Å². The van der Waals surface area contributed by atoms with E-state index in [1.807, 2.05) is 22.9 Å². The molecule has 0 radical (unpaired) electrons. The first-order valence-corrected chi connectivity index (χ1v) is 5.19. The Labute approximate surface area is 91.0 Å². The van der Waals surface area contributed by atoms with Crippen molar-refractivity contribution in [3.05, 3.63) is 34.7 Å². The standard InChI is InChI=1S/C10H8N4S/c11-5-7-1-3-13-10(9(7)12)14-8-2-4-15-6-8/h1-4,6H,12H2,(H,13,14). The molecule has 0 aliphatic carbocycles. The van der Waals surface area contributed by atoms with E-state index in [1.54, 1.807) is 23.6 Å². The van der Waals surface area contributed by atoms with Crippen LogP contribution in [0.3, 0.4) is 0 Å². The summed E-state index contributed by atoms with van der Waals surface area (Å²) in [6, 6.07) is 5.53. The minimum Gasteiger partial charge on any atom is -0.395 e. The fraction of sp³-hybridized carbons (Fsp3) is 0. The number of pyridine rings is 1. The normalized spacial score (nSPS) is 9.53. The van der Waals surface area contributed by atoms with Crippen molar-refractivity contribution >= 4 is 28.5 Å². The fourth-order valence-corrected chi connectivity index (χ4v) is 1.73. The van der Waals surface area contributed by atoms with Gasteiger partial charge >= 0.3 is 0 Å². The van der Waals surface area contributed by atoms with E-state index in [1.165, 1.54) is 0 Å². The van der Waals surface area contributed by atoms with E-state index in [0.29, 0.717) is 17.1 Å². The number of nitrogens with zero attached hydrogens (tertiary/aromatic N) is 2. The van der Waals surface area contributed by atoms with Gasteiger partial charge in [0.2, 0.25) is 0 Å². The Morgan fingerprint density at radius 1 is 1.47 bits per heavy atom. The zero-order valence-corrected chi connectivity index (χ0v) is 8.58. The van der Waals surface area contributed by atoms with Gasteiger partial charge in [0.25, 0.3) is 0 Å². The molecule has 5 heteroatoms. The van der Waals surface area contributed by atoms with Gasteiger partial charge in [-0.25, -0.2) is 4.98 Å². The Bertz CT molecular complexity index is 499. The van der Waals surface area contributed by atoms with Gasteiger partial charge in [-0.15, -0.1) is 0 Å². The second-order valence-electron chi connectivity index (χ2n) is 2.87. The molecule has 0 aliphatic heterocycles. The first kappa shape index (κ1) is 9.49. The van der Waals surface area contributed by atoms with E-state index in [9.17, 15) is 0 Å². The van der Waals surface area contributed by atoms with Crippen molar-refractivity contribution < 1.29 is 0 Å². The number of rotatable bonds is 2. The van der Waals surface area contributed by atoms with Gasteiger partial charge in [0.15, 0.2) is 5.82 Å². The number of aromatic nitrogens is 1. The number of thiophene rings is 1. The molecule has 0 aliphatic rings. The predicted octanol–water partition coefficient (Wildman–Crippen LogP) is 2.34. The SMILES string of the molecule is N#Cc1ccnc(Nc2ccsc2)c1N. The number of hydrogen-bond acceptors (Lipinski definition) is 5. The average molecular weight is 216 g/mol. The third-order valence-electron chi connectivity index (χ3n) is 1.89. The van der Waals surface area contributed by atoms with Gasteiger partial charge in [-0.3, -0.25) is 0 Å². The molecule has 2 aromatic heterocycles. The average Bonchev–Trinajstić information content (AvgIpc) is 2.74. The molecule has 0 aromatic carbocycles. The van der Waals surface area contributed by atoms with Crippen LogP contribution in [0.4, 0.5) is 17.2 Å². The highest BCUT2D eigenvalue weighted by molar-refractivity contribution is 7.08. The molecule has 0 unspecified atom stereocenters. The number of nitrogens with two attached hydrogens (primary N) is 1. The molecule has 2 rings (SSSR count). The second kappa shape index (κ2) is 3.98. The lowest BCUT2D eigenvalue weighted by atomic mass is 10.2. The summed E-state index contributed by atoms with van der Waals surface area (Å²) in [5.41, 5.74) is 7.51. The van der Waals surface area contributed by atoms with Gasteiger partial charge in [-0.2, -0.15) is 16.6 Å². The molecule has 4 nitrogen and oxygen atoms in total. The van der Waals surface area contributed by atoms with Crippen LogP contribution in [-0.4, -0.2) is 4.98 Å². The lowest BCUT2D eigenvalue weighted by Crippen LogP contribution is -2.00. The van der Waals surface area contributed by atoms with Gasteiger partial charge in [-0.1, -0.05) is 0 Å². The minimum atomic E-state index is 0.381. The molecular weight excluding hydrogens is 208 g/mol. The van der Waals surface area contributed by atoms with Crippen molar-refractivity contribution in [1.82, 2.24) is 4.98 Å². The number of nitriles is 1. The van der Waals surface area contributed by atoms with Gasteiger partial charge in [0.05, 0.1) is 16.9 Å². The predicted molar refractivity (Wildman–Crippen MR) is 61.0 cm³/mol. The van der Waals surface area contributed by atoms with Crippen molar-refractivity contribution in [3.63, 3.8) is 0 Å². The first-order chi connectivity index (χ1) is 7.31. The summed E-state index contributed by atoms with van der Waals surface area (Å²) < 4.78 is 0. The summed E-state index contributed by atoms with van der Waals surface area (Å²) >= 11 is 1.58. The smallest absolute Gasteiger partial charge is 0.154 e. The van der Waals surface area contributed by atoms with E-state index in [0.717, 1.165) is 5.69 Å². The molecule has 3 N–H and O–H groups in total. The third kappa shape index (κ3) is 1.90. The van der Waals surface area contributed by atoms with E-state index >= 15 is 0 Å². The Morgan fingerprint density at radius 3 is 3.00 bits per heavy atom. The Balaban J connectivity index is 2.34. The number of nitrogens with one attached hydrogen (secondary N) is 1. The van der Waals surface area contributed by atoms with Crippen molar-refractivity contribution in [2.24, 2.45) is 0 Å². The molecule has 0 saturated heterocycles. The van der Waals surface area contributed by atoms with Crippen LogP contribution in [0.5, 0.6) is 0 Å². The zero-order valence-electron chi connectivity index (χ0n) is 7.77. The monoisotopic (exact) mass is 216 g/mol. The van der Waals surface area contributed by atoms with Crippen LogP contribution in [0, 0.1) is 11.3 Å². The van der Waals surface area contributed by atoms with Crippen LogP contribution in [-0.2, 0) is 0 Å². The minimum absolute atomic E-state index is 0.381. The molecule has 0 saturated carbocycles. The third-order valence-corrected chi connectivity index (χ3v) is 2.58. The molecule has 2 heterocycles. The second-order valence-corrected chi connectivity index (χ2v) is 3.65. The summed E-state index contributed by atoms with van der Waals surface area (Å²) in [5.74, 6) is 0.521. The molecule has 0 amide bonds. The van der Waals surface area contributed by atoms with Crippen LogP contribution in [0.25, 0.3) is 0 Å². The molecule has 0 bridgehead atoms. The Hall–Kier alpha value is -2.06. The molecule has 2 aromatic rings. The van der Waals surface area contributed by atoms with Crippen molar-refractivity contribution in [1.29, 1.82) is 5.26 Å². The molecule has 0 fully saturated rings. The van der Waals surface area contributed by atoms with Gasteiger partial charge < -0.3 is 11.1 Å². The van der Waals surface area contributed by atoms with Crippen molar-refractivity contribution in [2.45, 2.75) is 0 Å². The van der Waals surface area contributed by atoms with Crippen LogP contribution in [0.2, 0.25) is 0 Å². The Kier molecular flexibility index (Phi) is 2.52. The Morgan fingerprint density at radius 2 is 2.33 bits per heavy atom. The molecular formula is C10H8N4S. The highest BCUT2D eigenvalue weighted by Crippen LogP contribution is 2.24. The molecule has 74 valence electrons. The summed E-state index contributed by atoms with van der Waals surface area (Å²) in [6.07, 6.45) is 1.56. The zero-order chi connectivity index (χ0) is 10.7. The number of anilines is 3. The highest BCUT2D eigenvalue weighted by atomic mass is 32.1. The first-order valence-electron chi connectivity index (χ1n) is 4.25.